The fourth-order valence-corrected chi connectivity index (χ4v) is 4.42. The van der Waals surface area contributed by atoms with Gasteiger partial charge >= 0.3 is 0 Å². The van der Waals surface area contributed by atoms with Crippen LogP contribution in [0.15, 0.2) is 24.3 Å². The van der Waals surface area contributed by atoms with Crippen LogP contribution in [-0.2, 0) is 0 Å². The summed E-state index contributed by atoms with van der Waals surface area (Å²) in [5.74, 6) is 1.91. The Morgan fingerprint density at radius 1 is 1.26 bits per heavy atom. The molecule has 3 unspecified atom stereocenters. The lowest BCUT2D eigenvalue weighted by atomic mass is 9.98. The van der Waals surface area contributed by atoms with Crippen molar-refractivity contribution in [1.82, 2.24) is 19.7 Å². The zero-order valence-electron chi connectivity index (χ0n) is 15.5. The average Bonchev–Trinajstić information content (AvgIpc) is 3.31. The molecule has 27 heavy (non-hydrogen) atoms. The van der Waals surface area contributed by atoms with E-state index < -0.39 is 0 Å². The first-order valence-corrected chi connectivity index (χ1v) is 9.60. The van der Waals surface area contributed by atoms with Crippen LogP contribution in [0.4, 0.5) is 0 Å². The maximum absolute atomic E-state index is 13.0. The third kappa shape index (κ3) is 3.58. The second kappa shape index (κ2) is 7.78. The van der Waals surface area contributed by atoms with Crippen molar-refractivity contribution < 1.29 is 4.79 Å². The van der Waals surface area contributed by atoms with Gasteiger partial charge in [-0.1, -0.05) is 37.6 Å². The third-order valence-electron chi connectivity index (χ3n) is 5.62. The van der Waals surface area contributed by atoms with E-state index in [0.717, 1.165) is 30.9 Å². The predicted molar refractivity (Wildman–Crippen MR) is 108 cm³/mol. The molecule has 1 saturated carbocycles. The molecule has 4 rings (SSSR count). The molecule has 0 bridgehead atoms. The van der Waals surface area contributed by atoms with Crippen LogP contribution >= 0.6 is 24.0 Å². The Bertz CT molecular complexity index is 837. The number of hydrogen-bond donors (Lipinski definition) is 1. The molecule has 2 N–H and O–H groups in total. The second-order valence-corrected chi connectivity index (χ2v) is 8.09. The minimum absolute atomic E-state index is 0. The van der Waals surface area contributed by atoms with Crippen LogP contribution in [0.25, 0.3) is 5.69 Å². The van der Waals surface area contributed by atoms with Crippen molar-refractivity contribution >= 4 is 29.9 Å². The number of para-hydroxylation sites is 1. The van der Waals surface area contributed by atoms with Crippen molar-refractivity contribution in [2.75, 3.05) is 13.1 Å². The lowest BCUT2D eigenvalue weighted by molar-refractivity contribution is 0.0767. The summed E-state index contributed by atoms with van der Waals surface area (Å²) in [5.41, 5.74) is 6.93. The van der Waals surface area contributed by atoms with E-state index in [1.807, 2.05) is 43.0 Å². The van der Waals surface area contributed by atoms with E-state index in [0.29, 0.717) is 23.4 Å². The predicted octanol–water partition coefficient (Wildman–Crippen LogP) is 3.28. The van der Waals surface area contributed by atoms with Crippen molar-refractivity contribution in [2.45, 2.75) is 38.6 Å². The Balaban J connectivity index is 0.00000210. The molecule has 1 saturated heterocycles. The Hall–Kier alpha value is -1.63. The van der Waals surface area contributed by atoms with Crippen LogP contribution in [0.2, 0.25) is 5.02 Å². The molecule has 146 valence electrons. The molecule has 6 nitrogen and oxygen atoms in total. The van der Waals surface area contributed by atoms with Gasteiger partial charge in [0, 0.05) is 25.0 Å². The van der Waals surface area contributed by atoms with Crippen LogP contribution in [0.3, 0.4) is 0 Å². The summed E-state index contributed by atoms with van der Waals surface area (Å²) in [4.78, 5) is 19.4. The molecule has 3 atom stereocenters. The number of amides is 1. The molecule has 1 aliphatic carbocycles. The molecule has 1 amide bonds. The standard InChI is InChI=1S/C19H24ClN5O.ClH/c1-11(2)18-22-17(23-25(18)16-6-4-3-5-14(16)20)19(26)24-9-12-7-8-15(21)13(12)10-24;/h3-6,11-13,15H,7-10,21H2,1-2H3;1H. The number of nitrogens with zero attached hydrogens (tertiary/aromatic N) is 4. The molecule has 0 spiro atoms. The van der Waals surface area contributed by atoms with Gasteiger partial charge in [0.15, 0.2) is 0 Å². The van der Waals surface area contributed by atoms with E-state index in [1.54, 1.807) is 4.68 Å². The Kier molecular flexibility index (Phi) is 5.79. The van der Waals surface area contributed by atoms with E-state index in [-0.39, 0.29) is 36.1 Å². The molecule has 8 heteroatoms. The normalized spacial score (nSPS) is 24.2. The van der Waals surface area contributed by atoms with Gasteiger partial charge in [-0.15, -0.1) is 17.5 Å². The van der Waals surface area contributed by atoms with Crippen molar-refractivity contribution in [2.24, 2.45) is 17.6 Å². The van der Waals surface area contributed by atoms with Crippen molar-refractivity contribution in [3.05, 3.63) is 40.9 Å². The van der Waals surface area contributed by atoms with Crippen LogP contribution in [0, 0.1) is 11.8 Å². The first-order chi connectivity index (χ1) is 12.5. The summed E-state index contributed by atoms with van der Waals surface area (Å²) in [6.07, 6.45) is 2.17. The molecule has 1 aliphatic heterocycles. The van der Waals surface area contributed by atoms with Crippen molar-refractivity contribution in [1.29, 1.82) is 0 Å². The highest BCUT2D eigenvalue weighted by Crippen LogP contribution is 2.37. The zero-order valence-corrected chi connectivity index (χ0v) is 17.1. The number of halogens is 2. The lowest BCUT2D eigenvalue weighted by Crippen LogP contribution is -2.34. The quantitative estimate of drug-likeness (QED) is 0.843. The van der Waals surface area contributed by atoms with E-state index in [9.17, 15) is 4.79 Å². The molecule has 2 aliphatic rings. The second-order valence-electron chi connectivity index (χ2n) is 7.69. The molecular weight excluding hydrogens is 385 g/mol. The molecular formula is C19H25Cl2N5O. The summed E-state index contributed by atoms with van der Waals surface area (Å²) < 4.78 is 1.70. The van der Waals surface area contributed by atoms with Gasteiger partial charge in [0.2, 0.25) is 5.82 Å². The summed E-state index contributed by atoms with van der Waals surface area (Å²) in [6, 6.07) is 7.68. The van der Waals surface area contributed by atoms with Gasteiger partial charge in [-0.3, -0.25) is 4.79 Å². The van der Waals surface area contributed by atoms with Crippen LogP contribution in [0.5, 0.6) is 0 Å². The smallest absolute Gasteiger partial charge is 0.293 e. The van der Waals surface area contributed by atoms with Crippen LogP contribution < -0.4 is 5.73 Å². The molecule has 2 fully saturated rings. The molecule has 2 aromatic rings. The highest BCUT2D eigenvalue weighted by Gasteiger charge is 2.43. The fourth-order valence-electron chi connectivity index (χ4n) is 4.20. The molecule has 1 aromatic carbocycles. The van der Waals surface area contributed by atoms with E-state index in [2.05, 4.69) is 10.1 Å². The minimum Gasteiger partial charge on any atom is -0.335 e. The Morgan fingerprint density at radius 2 is 2.00 bits per heavy atom. The number of aromatic nitrogens is 3. The molecule has 0 radical (unpaired) electrons. The number of nitrogens with two attached hydrogens (primary N) is 1. The van der Waals surface area contributed by atoms with Crippen LogP contribution in [0.1, 0.15) is 49.1 Å². The van der Waals surface area contributed by atoms with Gasteiger partial charge < -0.3 is 10.6 Å². The maximum Gasteiger partial charge on any atom is 0.293 e. The Labute approximate surface area is 170 Å². The topological polar surface area (TPSA) is 77.0 Å². The fraction of sp³-hybridized carbons (Fsp3) is 0.526. The number of rotatable bonds is 3. The highest BCUT2D eigenvalue weighted by molar-refractivity contribution is 6.32. The maximum atomic E-state index is 13.0. The largest absolute Gasteiger partial charge is 0.335 e. The third-order valence-corrected chi connectivity index (χ3v) is 5.94. The van der Waals surface area contributed by atoms with Crippen molar-refractivity contribution in [3.63, 3.8) is 0 Å². The average molecular weight is 410 g/mol. The number of benzene rings is 1. The summed E-state index contributed by atoms with van der Waals surface area (Å²) in [5, 5.41) is 5.10. The van der Waals surface area contributed by atoms with E-state index in [4.69, 9.17) is 17.3 Å². The van der Waals surface area contributed by atoms with E-state index in [1.165, 1.54) is 0 Å². The number of carbonyl (C=O) groups excluding carboxylic acids is 1. The van der Waals surface area contributed by atoms with Gasteiger partial charge in [-0.2, -0.15) is 0 Å². The van der Waals surface area contributed by atoms with Gasteiger partial charge in [0.25, 0.3) is 5.91 Å². The number of hydrogen-bond acceptors (Lipinski definition) is 4. The number of likely N-dealkylation sites (tertiary alicyclic amines) is 1. The SMILES string of the molecule is CC(C)c1nc(C(=O)N2CC3CCC(N)C3C2)nn1-c1ccccc1Cl.Cl. The summed E-state index contributed by atoms with van der Waals surface area (Å²) >= 11 is 6.33. The van der Waals surface area contributed by atoms with Crippen LogP contribution in [-0.4, -0.2) is 44.7 Å². The van der Waals surface area contributed by atoms with Crippen molar-refractivity contribution in [3.8, 4) is 5.69 Å². The lowest BCUT2D eigenvalue weighted by Gasteiger charge is -2.17. The van der Waals surface area contributed by atoms with Gasteiger partial charge in [-0.05, 0) is 36.8 Å². The monoisotopic (exact) mass is 409 g/mol. The zero-order chi connectivity index (χ0) is 18.4. The minimum atomic E-state index is -0.112. The first kappa shape index (κ1) is 20.1. The molecule has 1 aromatic heterocycles. The Morgan fingerprint density at radius 3 is 2.67 bits per heavy atom. The highest BCUT2D eigenvalue weighted by atomic mass is 35.5. The van der Waals surface area contributed by atoms with Gasteiger partial charge in [-0.25, -0.2) is 9.67 Å². The summed E-state index contributed by atoms with van der Waals surface area (Å²) in [6.45, 7) is 5.53. The summed E-state index contributed by atoms with van der Waals surface area (Å²) in [7, 11) is 0. The number of fused-ring (bicyclic) bond motifs is 1. The molecule has 2 heterocycles. The van der Waals surface area contributed by atoms with Gasteiger partial charge in [0.1, 0.15) is 5.82 Å². The first-order valence-electron chi connectivity index (χ1n) is 9.22. The van der Waals surface area contributed by atoms with E-state index >= 15 is 0 Å². The van der Waals surface area contributed by atoms with Gasteiger partial charge in [0.05, 0.1) is 10.7 Å². The number of carbonyl (C=O) groups is 1.